The van der Waals surface area contributed by atoms with E-state index in [4.69, 9.17) is 11.5 Å². The second-order valence-corrected chi connectivity index (χ2v) is 5.21. The molecule has 1 fully saturated rings. The molecule has 0 unspecified atom stereocenters. The Morgan fingerprint density at radius 3 is 2.33 bits per heavy atom. The Kier molecular flexibility index (Phi) is 4.11. The summed E-state index contributed by atoms with van der Waals surface area (Å²) in [6.45, 7) is 4.18. The van der Waals surface area contributed by atoms with Crippen molar-refractivity contribution in [3.63, 3.8) is 0 Å². The number of hydrogen-bond donors (Lipinski definition) is 3. The van der Waals surface area contributed by atoms with Crippen molar-refractivity contribution in [1.82, 2.24) is 5.32 Å². The van der Waals surface area contributed by atoms with Crippen LogP contribution < -0.4 is 16.8 Å². The van der Waals surface area contributed by atoms with E-state index in [1.807, 2.05) is 0 Å². The van der Waals surface area contributed by atoms with E-state index in [0.29, 0.717) is 12.0 Å². The van der Waals surface area contributed by atoms with Gasteiger partial charge in [-0.3, -0.25) is 4.79 Å². The zero-order valence-corrected chi connectivity index (χ0v) is 9.75. The lowest BCUT2D eigenvalue weighted by molar-refractivity contribution is -0.125. The molecule has 88 valence electrons. The van der Waals surface area contributed by atoms with Gasteiger partial charge in [-0.25, -0.2) is 0 Å². The first-order chi connectivity index (χ1) is 6.89. The van der Waals surface area contributed by atoms with Gasteiger partial charge < -0.3 is 16.8 Å². The van der Waals surface area contributed by atoms with E-state index >= 15 is 0 Å². The van der Waals surface area contributed by atoms with Crippen molar-refractivity contribution in [2.45, 2.75) is 51.1 Å². The van der Waals surface area contributed by atoms with E-state index in [2.05, 4.69) is 5.32 Å². The molecule has 0 spiro atoms. The summed E-state index contributed by atoms with van der Waals surface area (Å²) in [5, 5.41) is 2.90. The molecule has 0 atom stereocenters. The van der Waals surface area contributed by atoms with Crippen molar-refractivity contribution in [2.24, 2.45) is 17.4 Å². The van der Waals surface area contributed by atoms with Crippen LogP contribution >= 0.6 is 0 Å². The van der Waals surface area contributed by atoms with Crippen LogP contribution in [0.15, 0.2) is 0 Å². The fourth-order valence-electron chi connectivity index (χ4n) is 1.86. The average Bonchev–Trinajstić information content (AvgIpc) is 2.15. The van der Waals surface area contributed by atoms with Gasteiger partial charge in [0.15, 0.2) is 0 Å². The molecule has 0 aromatic rings. The molecule has 0 aromatic heterocycles. The lowest BCUT2D eigenvalue weighted by atomic mass is 9.86. The van der Waals surface area contributed by atoms with Gasteiger partial charge in [0.05, 0.1) is 5.54 Å². The summed E-state index contributed by atoms with van der Waals surface area (Å²) >= 11 is 0. The minimum Gasteiger partial charge on any atom is -0.354 e. The molecule has 1 amide bonds. The van der Waals surface area contributed by atoms with Crippen LogP contribution in [0.1, 0.15) is 39.5 Å². The van der Waals surface area contributed by atoms with Crippen LogP contribution in [0.5, 0.6) is 0 Å². The van der Waals surface area contributed by atoms with Crippen LogP contribution in [0.3, 0.4) is 0 Å². The summed E-state index contributed by atoms with van der Waals surface area (Å²) in [5.74, 6) is 0.508. The first-order valence-corrected chi connectivity index (χ1v) is 5.72. The maximum absolute atomic E-state index is 11.5. The van der Waals surface area contributed by atoms with Gasteiger partial charge in [-0.15, -0.1) is 0 Å². The van der Waals surface area contributed by atoms with Gasteiger partial charge in [0.1, 0.15) is 0 Å². The van der Waals surface area contributed by atoms with Gasteiger partial charge in [-0.2, -0.15) is 0 Å². The van der Waals surface area contributed by atoms with E-state index in [0.717, 1.165) is 32.2 Å². The van der Waals surface area contributed by atoms with E-state index < -0.39 is 5.54 Å². The van der Waals surface area contributed by atoms with Gasteiger partial charge in [-0.05, 0) is 45.4 Å². The zero-order valence-electron chi connectivity index (χ0n) is 9.75. The first-order valence-electron chi connectivity index (χ1n) is 5.72. The number of nitrogens with two attached hydrogens (primary N) is 2. The number of carbonyl (C=O) groups excluding carboxylic acids is 1. The molecule has 4 heteroatoms. The lowest BCUT2D eigenvalue weighted by Crippen LogP contribution is -2.50. The second kappa shape index (κ2) is 4.94. The largest absolute Gasteiger partial charge is 0.354 e. The molecule has 0 radical (unpaired) electrons. The monoisotopic (exact) mass is 213 g/mol. The van der Waals surface area contributed by atoms with E-state index in [1.54, 1.807) is 13.8 Å². The molecule has 0 aromatic carbocycles. The summed E-state index contributed by atoms with van der Waals surface area (Å²) in [7, 11) is 0. The topological polar surface area (TPSA) is 81.1 Å². The van der Waals surface area contributed by atoms with E-state index in [1.165, 1.54) is 0 Å². The summed E-state index contributed by atoms with van der Waals surface area (Å²) in [5.41, 5.74) is 10.7. The highest BCUT2D eigenvalue weighted by Crippen LogP contribution is 2.22. The fraction of sp³-hybridized carbons (Fsp3) is 0.909. The highest BCUT2D eigenvalue weighted by atomic mass is 16.2. The minimum atomic E-state index is -0.773. The molecule has 0 saturated heterocycles. The van der Waals surface area contributed by atoms with Gasteiger partial charge in [0.2, 0.25) is 5.91 Å². The normalized spacial score (nSPS) is 27.5. The van der Waals surface area contributed by atoms with Crippen molar-refractivity contribution in [3.05, 3.63) is 0 Å². The van der Waals surface area contributed by atoms with Crippen LogP contribution in [0.25, 0.3) is 0 Å². The van der Waals surface area contributed by atoms with Crippen LogP contribution in [0.4, 0.5) is 0 Å². The quantitative estimate of drug-likeness (QED) is 0.633. The van der Waals surface area contributed by atoms with Gasteiger partial charge in [0, 0.05) is 12.6 Å². The van der Waals surface area contributed by atoms with Crippen molar-refractivity contribution < 1.29 is 4.79 Å². The number of carbonyl (C=O) groups is 1. The number of hydrogen-bond acceptors (Lipinski definition) is 3. The molecule has 15 heavy (non-hydrogen) atoms. The predicted molar refractivity (Wildman–Crippen MR) is 61.2 cm³/mol. The van der Waals surface area contributed by atoms with Crippen molar-refractivity contribution in [3.8, 4) is 0 Å². The van der Waals surface area contributed by atoms with Crippen molar-refractivity contribution in [1.29, 1.82) is 0 Å². The summed E-state index contributed by atoms with van der Waals surface area (Å²) in [4.78, 5) is 11.5. The Bertz CT molecular complexity index is 214. The Balaban J connectivity index is 2.23. The highest BCUT2D eigenvalue weighted by molar-refractivity contribution is 5.84. The lowest BCUT2D eigenvalue weighted by Gasteiger charge is -2.27. The number of nitrogens with one attached hydrogen (secondary N) is 1. The van der Waals surface area contributed by atoms with Crippen molar-refractivity contribution >= 4 is 5.91 Å². The average molecular weight is 213 g/mol. The third-order valence-corrected chi connectivity index (χ3v) is 3.03. The molecule has 1 aliphatic rings. The van der Waals surface area contributed by atoms with Crippen LogP contribution in [-0.2, 0) is 4.79 Å². The van der Waals surface area contributed by atoms with Crippen molar-refractivity contribution in [2.75, 3.05) is 6.54 Å². The van der Waals surface area contributed by atoms with Crippen LogP contribution in [-0.4, -0.2) is 24.0 Å². The first kappa shape index (κ1) is 12.5. The zero-order chi connectivity index (χ0) is 11.5. The molecule has 1 aliphatic carbocycles. The molecular formula is C11H23N3O. The Morgan fingerprint density at radius 2 is 1.87 bits per heavy atom. The molecule has 4 nitrogen and oxygen atoms in total. The Hall–Kier alpha value is -0.610. The number of amides is 1. The maximum Gasteiger partial charge on any atom is 0.239 e. The molecule has 1 saturated carbocycles. The summed E-state index contributed by atoms with van der Waals surface area (Å²) in [6, 6.07) is 0.364. The smallest absolute Gasteiger partial charge is 0.239 e. The Morgan fingerprint density at radius 1 is 1.33 bits per heavy atom. The van der Waals surface area contributed by atoms with Crippen LogP contribution in [0.2, 0.25) is 0 Å². The Labute approximate surface area is 91.8 Å². The van der Waals surface area contributed by atoms with E-state index in [-0.39, 0.29) is 5.91 Å². The third kappa shape index (κ3) is 4.18. The van der Waals surface area contributed by atoms with E-state index in [9.17, 15) is 4.79 Å². The second-order valence-electron chi connectivity index (χ2n) is 5.21. The highest BCUT2D eigenvalue weighted by Gasteiger charge is 2.24. The third-order valence-electron chi connectivity index (χ3n) is 3.03. The fourth-order valence-corrected chi connectivity index (χ4v) is 1.86. The minimum absolute atomic E-state index is 0.0719. The SMILES string of the molecule is CC(C)(N)C(=O)NCC1CCC(N)CC1. The van der Waals surface area contributed by atoms with Crippen LogP contribution in [0, 0.1) is 5.92 Å². The maximum atomic E-state index is 11.5. The summed E-state index contributed by atoms with van der Waals surface area (Å²) in [6.07, 6.45) is 4.39. The predicted octanol–water partition coefficient (Wildman–Crippen LogP) is 0.357. The molecule has 1 rings (SSSR count). The summed E-state index contributed by atoms with van der Waals surface area (Å²) < 4.78 is 0. The molecule has 0 bridgehead atoms. The molecule has 5 N–H and O–H groups in total. The molecule has 0 heterocycles. The van der Waals surface area contributed by atoms with Gasteiger partial charge in [-0.1, -0.05) is 0 Å². The standard InChI is InChI=1S/C11H23N3O/c1-11(2,13)10(15)14-7-8-3-5-9(12)6-4-8/h8-9H,3-7,12-13H2,1-2H3,(H,14,15). The molecular weight excluding hydrogens is 190 g/mol. The number of rotatable bonds is 3. The molecule has 0 aliphatic heterocycles. The van der Waals surface area contributed by atoms with Gasteiger partial charge in [0.25, 0.3) is 0 Å². The van der Waals surface area contributed by atoms with Gasteiger partial charge >= 0.3 is 0 Å².